The fourth-order valence-corrected chi connectivity index (χ4v) is 10.0. The van der Waals surface area contributed by atoms with E-state index in [1.165, 1.54) is 25.7 Å². The lowest BCUT2D eigenvalue weighted by atomic mass is 9.91. The summed E-state index contributed by atoms with van der Waals surface area (Å²) >= 11 is 6.66. The van der Waals surface area contributed by atoms with Gasteiger partial charge in [0.1, 0.15) is 29.5 Å². The van der Waals surface area contributed by atoms with Crippen molar-refractivity contribution in [3.63, 3.8) is 0 Å². The molecule has 3 aromatic carbocycles. The van der Waals surface area contributed by atoms with Crippen molar-refractivity contribution in [2.75, 3.05) is 57.3 Å². The van der Waals surface area contributed by atoms with Crippen LogP contribution < -0.4 is 15.0 Å². The van der Waals surface area contributed by atoms with Crippen LogP contribution >= 0.6 is 11.6 Å². The molecule has 332 valence electrons. The van der Waals surface area contributed by atoms with Crippen molar-refractivity contribution < 1.29 is 28.7 Å². The molecule has 2 N–H and O–H groups in total. The SMILES string of the molecule is O=C1CCC(N2C(=O)c3ccc(N4CCN(CCCCCCCN5CCC[C@@H](Cc6ncnc7[nH]cc(C(=O)c8ccc(Oc9ccccc9)cc8Cl)c67)C5)CC4)cc3C2=O)C(=O)N1. The Balaban J connectivity index is 0.692. The zero-order chi connectivity index (χ0) is 44.2. The highest BCUT2D eigenvalue weighted by atomic mass is 35.5. The van der Waals surface area contributed by atoms with Crippen molar-refractivity contribution in [2.24, 2.45) is 5.92 Å². The molecule has 4 aliphatic heterocycles. The van der Waals surface area contributed by atoms with Gasteiger partial charge >= 0.3 is 0 Å². The van der Waals surface area contributed by atoms with Gasteiger partial charge in [-0.2, -0.15) is 0 Å². The number of hydrogen-bond acceptors (Lipinski definition) is 11. The largest absolute Gasteiger partial charge is 0.457 e. The predicted molar refractivity (Wildman–Crippen MR) is 243 cm³/mol. The second kappa shape index (κ2) is 19.4. The molecule has 5 aromatic rings. The number of ether oxygens (including phenoxy) is 1. The number of rotatable bonds is 16. The highest BCUT2D eigenvalue weighted by molar-refractivity contribution is 6.35. The van der Waals surface area contributed by atoms with Crippen molar-refractivity contribution in [1.29, 1.82) is 0 Å². The maximum atomic E-state index is 13.9. The van der Waals surface area contributed by atoms with Crippen LogP contribution in [0.5, 0.6) is 11.5 Å². The molecule has 64 heavy (non-hydrogen) atoms. The maximum absolute atomic E-state index is 13.9. The van der Waals surface area contributed by atoms with Gasteiger partial charge in [-0.05, 0) is 107 Å². The van der Waals surface area contributed by atoms with Gasteiger partial charge < -0.3 is 19.5 Å². The molecule has 0 spiro atoms. The first-order valence-electron chi connectivity index (χ1n) is 22.6. The number of benzene rings is 3. The fraction of sp³-hybridized carbons (Fsp3) is 0.408. The van der Waals surface area contributed by atoms with Crippen molar-refractivity contribution in [2.45, 2.75) is 70.3 Å². The number of amides is 4. The van der Waals surface area contributed by atoms with E-state index in [0.717, 1.165) is 99.7 Å². The van der Waals surface area contributed by atoms with Crippen molar-refractivity contribution in [3.05, 3.63) is 112 Å². The third kappa shape index (κ3) is 9.45. The Kier molecular flexibility index (Phi) is 13.1. The number of aromatic amines is 1. The lowest BCUT2D eigenvalue weighted by molar-refractivity contribution is -0.136. The Labute approximate surface area is 377 Å². The quantitative estimate of drug-likeness (QED) is 0.0593. The molecule has 14 nitrogen and oxygen atoms in total. The minimum absolute atomic E-state index is 0.0985. The second-order valence-corrected chi connectivity index (χ2v) is 17.8. The van der Waals surface area contributed by atoms with Gasteiger partial charge in [0.15, 0.2) is 5.78 Å². The Morgan fingerprint density at radius 1 is 0.766 bits per heavy atom. The molecule has 3 fully saturated rings. The lowest BCUT2D eigenvalue weighted by Gasteiger charge is -2.36. The van der Waals surface area contributed by atoms with Crippen LogP contribution in [-0.4, -0.2) is 117 Å². The smallest absolute Gasteiger partial charge is 0.262 e. The van der Waals surface area contributed by atoms with Gasteiger partial charge in [-0.25, -0.2) is 9.97 Å². The van der Waals surface area contributed by atoms with Crippen LogP contribution in [0.4, 0.5) is 5.69 Å². The molecule has 15 heteroatoms. The van der Waals surface area contributed by atoms with Gasteiger partial charge in [0.2, 0.25) is 11.8 Å². The van der Waals surface area contributed by atoms with Gasteiger partial charge in [-0.3, -0.25) is 39.1 Å². The molecule has 0 radical (unpaired) electrons. The number of ketones is 1. The van der Waals surface area contributed by atoms with Crippen molar-refractivity contribution in [1.82, 2.24) is 35.0 Å². The highest BCUT2D eigenvalue weighted by Gasteiger charge is 2.45. The normalized spacial score (nSPS) is 19.6. The summed E-state index contributed by atoms with van der Waals surface area (Å²) in [6.45, 7) is 7.79. The first-order chi connectivity index (χ1) is 31.2. The van der Waals surface area contributed by atoms with E-state index < -0.39 is 23.8 Å². The average molecular weight is 885 g/mol. The molecule has 4 aliphatic rings. The first kappa shape index (κ1) is 43.3. The molecule has 2 atom stereocenters. The summed E-state index contributed by atoms with van der Waals surface area (Å²) in [5, 5.41) is 3.34. The van der Waals surface area contributed by atoms with Crippen molar-refractivity contribution >= 4 is 57.7 Å². The van der Waals surface area contributed by atoms with Gasteiger partial charge in [0.25, 0.3) is 11.8 Å². The Morgan fingerprint density at radius 3 is 2.31 bits per heavy atom. The number of piperazine rings is 1. The van der Waals surface area contributed by atoms with Gasteiger partial charge in [0, 0.05) is 62.7 Å². The molecule has 6 heterocycles. The number of H-pyrrole nitrogens is 1. The van der Waals surface area contributed by atoms with E-state index in [-0.39, 0.29) is 24.5 Å². The van der Waals surface area contributed by atoms with Crippen LogP contribution in [0.3, 0.4) is 0 Å². The number of nitrogens with zero attached hydrogens (tertiary/aromatic N) is 6. The number of piperidine rings is 2. The molecule has 0 saturated carbocycles. The Hall–Kier alpha value is -5.96. The minimum atomic E-state index is -0.964. The molecular weight excluding hydrogens is 832 g/mol. The summed E-state index contributed by atoms with van der Waals surface area (Å²) in [4.78, 5) is 85.1. The third-order valence-corrected chi connectivity index (χ3v) is 13.5. The summed E-state index contributed by atoms with van der Waals surface area (Å²) in [5.41, 5.74) is 3.99. The number of aromatic nitrogens is 3. The molecule has 0 aliphatic carbocycles. The van der Waals surface area contributed by atoms with Gasteiger partial charge in [-0.1, -0.05) is 49.1 Å². The van der Waals surface area contributed by atoms with E-state index in [2.05, 4.69) is 30.0 Å². The van der Waals surface area contributed by atoms with Crippen LogP contribution in [0.15, 0.2) is 79.3 Å². The number of hydrogen-bond donors (Lipinski definition) is 2. The number of nitrogens with one attached hydrogen (secondary N) is 2. The number of carbonyl (C=O) groups excluding carboxylic acids is 5. The van der Waals surface area contributed by atoms with E-state index in [9.17, 15) is 24.0 Å². The highest BCUT2D eigenvalue weighted by Crippen LogP contribution is 2.33. The van der Waals surface area contributed by atoms with Crippen molar-refractivity contribution in [3.8, 4) is 11.5 Å². The molecule has 1 unspecified atom stereocenters. The number of unbranched alkanes of at least 4 members (excludes halogenated alkanes) is 4. The number of carbonyl (C=O) groups is 5. The minimum Gasteiger partial charge on any atom is -0.457 e. The van der Waals surface area contributed by atoms with Crippen LogP contribution in [0.25, 0.3) is 11.0 Å². The summed E-state index contributed by atoms with van der Waals surface area (Å²) in [7, 11) is 0. The summed E-state index contributed by atoms with van der Waals surface area (Å²) in [6, 6.07) is 19.0. The average Bonchev–Trinajstić information content (AvgIpc) is 3.85. The van der Waals surface area contributed by atoms with Gasteiger partial charge in [-0.15, -0.1) is 0 Å². The third-order valence-electron chi connectivity index (χ3n) is 13.2. The topological polar surface area (TPSA) is 161 Å². The van der Waals surface area contributed by atoms with E-state index in [1.54, 1.807) is 42.9 Å². The van der Waals surface area contributed by atoms with Crippen LogP contribution in [0, 0.1) is 5.92 Å². The van der Waals surface area contributed by atoms with E-state index in [4.69, 9.17) is 21.3 Å². The zero-order valence-corrected chi connectivity index (χ0v) is 36.7. The second-order valence-electron chi connectivity index (χ2n) is 17.4. The standard InChI is InChI=1S/C49H53ClN8O6/c50-40-28-35(64-34-11-5-4-6-12-34)14-16-37(40)45(60)39-29-51-46-44(39)41(52-31-53-46)26-32-10-9-21-56(30-32)20-8-3-1-2-7-19-55-22-24-57(25-23-55)33-13-15-36-38(27-33)49(63)58(48(36)62)42-17-18-43(59)54-47(42)61/h4-6,11-16,27-29,31-32,42H,1-3,7-10,17-26,30H2,(H,51,52,53)(H,54,59,61)/t32-,42?/m0/s1. The molecule has 3 saturated heterocycles. The van der Waals surface area contributed by atoms with Crippen LogP contribution in [0.2, 0.25) is 5.02 Å². The molecule has 9 rings (SSSR count). The number of imide groups is 2. The zero-order valence-electron chi connectivity index (χ0n) is 35.9. The number of halogens is 1. The lowest BCUT2D eigenvalue weighted by Crippen LogP contribution is -2.54. The van der Waals surface area contributed by atoms with E-state index in [0.29, 0.717) is 50.3 Å². The number of fused-ring (bicyclic) bond motifs is 2. The Bertz CT molecular complexity index is 2560. The summed E-state index contributed by atoms with van der Waals surface area (Å²) in [6.07, 6.45) is 12.5. The summed E-state index contributed by atoms with van der Waals surface area (Å²) in [5.74, 6) is -0.434. The van der Waals surface area contributed by atoms with E-state index in [1.807, 2.05) is 36.4 Å². The molecule has 2 aromatic heterocycles. The van der Waals surface area contributed by atoms with Crippen LogP contribution in [0.1, 0.15) is 100 Å². The Morgan fingerprint density at radius 2 is 1.53 bits per heavy atom. The number of para-hydroxylation sites is 1. The predicted octanol–water partition coefficient (Wildman–Crippen LogP) is 7.06. The molecule has 4 amide bonds. The maximum Gasteiger partial charge on any atom is 0.262 e. The first-order valence-corrected chi connectivity index (χ1v) is 23.0. The van der Waals surface area contributed by atoms with Gasteiger partial charge in [0.05, 0.1) is 32.8 Å². The number of likely N-dealkylation sites (tertiary alicyclic amines) is 1. The number of anilines is 1. The molecule has 0 bridgehead atoms. The fourth-order valence-electron chi connectivity index (χ4n) is 9.76. The van der Waals surface area contributed by atoms with Crippen LogP contribution in [-0.2, 0) is 16.0 Å². The van der Waals surface area contributed by atoms with E-state index >= 15 is 0 Å². The molecular formula is C49H53ClN8O6. The summed E-state index contributed by atoms with van der Waals surface area (Å²) < 4.78 is 5.92. The monoisotopic (exact) mass is 884 g/mol.